The van der Waals surface area contributed by atoms with Crippen LogP contribution in [0.15, 0.2) is 24.3 Å². The van der Waals surface area contributed by atoms with Gasteiger partial charge in [0.25, 0.3) is 0 Å². The molecule has 0 aromatic heterocycles. The molecule has 2 amide bonds. The van der Waals surface area contributed by atoms with Crippen LogP contribution in [0.5, 0.6) is 0 Å². The van der Waals surface area contributed by atoms with E-state index in [-0.39, 0.29) is 24.4 Å². The molecule has 24 heavy (non-hydrogen) atoms. The Bertz CT molecular complexity index is 749. The first-order chi connectivity index (χ1) is 11.6. The van der Waals surface area contributed by atoms with Crippen molar-refractivity contribution in [2.45, 2.75) is 31.7 Å². The highest BCUT2D eigenvalue weighted by atomic mass is 32.2. The molecule has 6 nitrogen and oxygen atoms in total. The van der Waals surface area contributed by atoms with E-state index in [1.807, 2.05) is 12.1 Å². The molecule has 1 atom stereocenters. The van der Waals surface area contributed by atoms with E-state index in [1.54, 1.807) is 4.90 Å². The Balaban J connectivity index is 1.48. The highest BCUT2D eigenvalue weighted by Gasteiger charge is 2.43. The van der Waals surface area contributed by atoms with Crippen molar-refractivity contribution < 1.29 is 13.2 Å². The van der Waals surface area contributed by atoms with Gasteiger partial charge >= 0.3 is 6.03 Å². The summed E-state index contributed by atoms with van der Waals surface area (Å²) in [5, 5.41) is 0. The summed E-state index contributed by atoms with van der Waals surface area (Å²) in [6, 6.07) is 7.75. The number of carbonyl (C=O) groups excluding carboxylic acids is 1. The van der Waals surface area contributed by atoms with Gasteiger partial charge in [-0.25, -0.2) is 17.5 Å². The summed E-state index contributed by atoms with van der Waals surface area (Å²) >= 11 is 0. The lowest BCUT2D eigenvalue weighted by Crippen LogP contribution is -2.61. The summed E-state index contributed by atoms with van der Waals surface area (Å²) in [5.41, 5.74) is 2.46. The minimum Gasteiger partial charge on any atom is -0.369 e. The molecule has 1 aromatic rings. The number of para-hydroxylation sites is 1. The first-order valence-corrected chi connectivity index (χ1v) is 10.3. The third-order valence-electron chi connectivity index (χ3n) is 5.38. The molecule has 0 radical (unpaired) electrons. The molecule has 2 saturated heterocycles. The van der Waals surface area contributed by atoms with Crippen molar-refractivity contribution in [3.05, 3.63) is 29.8 Å². The van der Waals surface area contributed by atoms with Crippen LogP contribution in [0.3, 0.4) is 0 Å². The maximum absolute atomic E-state index is 12.7. The van der Waals surface area contributed by atoms with E-state index in [0.717, 1.165) is 42.2 Å². The van der Waals surface area contributed by atoms with Crippen LogP contribution in [0, 0.1) is 0 Å². The fraction of sp³-hybridized carbons (Fsp3) is 0.588. The zero-order valence-corrected chi connectivity index (χ0v) is 14.5. The molecule has 0 N–H and O–H groups in total. The molecular weight excluding hydrogens is 326 g/mol. The summed E-state index contributed by atoms with van der Waals surface area (Å²) in [7, 11) is -3.50. The molecule has 2 fully saturated rings. The van der Waals surface area contributed by atoms with Gasteiger partial charge in [-0.3, -0.25) is 0 Å². The topological polar surface area (TPSA) is 60.9 Å². The number of nitrogens with zero attached hydrogens (tertiary/aromatic N) is 3. The summed E-state index contributed by atoms with van der Waals surface area (Å²) in [6.07, 6.45) is 3.76. The normalized spacial score (nSPS) is 25.6. The van der Waals surface area contributed by atoms with Crippen LogP contribution in [0.25, 0.3) is 0 Å². The fourth-order valence-electron chi connectivity index (χ4n) is 4.11. The highest BCUT2D eigenvalue weighted by Crippen LogP contribution is 2.29. The van der Waals surface area contributed by atoms with Gasteiger partial charge in [-0.2, -0.15) is 0 Å². The average molecular weight is 349 g/mol. The molecular formula is C17H23N3O3S. The van der Waals surface area contributed by atoms with E-state index in [0.29, 0.717) is 13.1 Å². The largest absolute Gasteiger partial charge is 0.369 e. The molecule has 4 rings (SSSR count). The second-order valence-corrected chi connectivity index (χ2v) is 8.78. The summed E-state index contributed by atoms with van der Waals surface area (Å²) in [6.45, 7) is 2.36. The van der Waals surface area contributed by atoms with Crippen LogP contribution in [-0.2, 0) is 16.4 Å². The Kier molecular flexibility index (Phi) is 3.90. The number of amides is 2. The Morgan fingerprint density at radius 3 is 2.79 bits per heavy atom. The van der Waals surface area contributed by atoms with Crippen molar-refractivity contribution >= 4 is 21.7 Å². The summed E-state index contributed by atoms with van der Waals surface area (Å²) in [5.74, 6) is 0.0787. The molecule has 130 valence electrons. The molecule has 1 aromatic carbocycles. The number of fused-ring (bicyclic) bond motifs is 2. The number of piperidine rings is 1. The second-order valence-electron chi connectivity index (χ2n) is 6.84. The predicted molar refractivity (Wildman–Crippen MR) is 92.6 cm³/mol. The number of rotatable bonds is 3. The Morgan fingerprint density at radius 1 is 1.08 bits per heavy atom. The third kappa shape index (κ3) is 2.64. The van der Waals surface area contributed by atoms with Gasteiger partial charge in [-0.05, 0) is 37.3 Å². The maximum atomic E-state index is 12.7. The van der Waals surface area contributed by atoms with E-state index in [9.17, 15) is 13.2 Å². The zero-order valence-electron chi connectivity index (χ0n) is 13.7. The molecule has 7 heteroatoms. The summed E-state index contributed by atoms with van der Waals surface area (Å²) in [4.78, 5) is 16.6. The summed E-state index contributed by atoms with van der Waals surface area (Å²) < 4.78 is 26.2. The first-order valence-electron chi connectivity index (χ1n) is 8.70. The van der Waals surface area contributed by atoms with E-state index < -0.39 is 10.0 Å². The Hall–Kier alpha value is -1.76. The maximum Gasteiger partial charge on any atom is 0.334 e. The number of carbonyl (C=O) groups is 1. The van der Waals surface area contributed by atoms with Crippen molar-refractivity contribution in [1.82, 2.24) is 9.21 Å². The Labute approximate surface area is 143 Å². The van der Waals surface area contributed by atoms with E-state index in [1.165, 1.54) is 5.56 Å². The monoisotopic (exact) mass is 349 g/mol. The smallest absolute Gasteiger partial charge is 0.334 e. The predicted octanol–water partition coefficient (Wildman–Crippen LogP) is 1.67. The van der Waals surface area contributed by atoms with Crippen molar-refractivity contribution in [3.8, 4) is 0 Å². The molecule has 0 bridgehead atoms. The van der Waals surface area contributed by atoms with E-state index in [2.05, 4.69) is 17.0 Å². The van der Waals surface area contributed by atoms with E-state index >= 15 is 0 Å². The first kappa shape index (κ1) is 15.7. The van der Waals surface area contributed by atoms with Gasteiger partial charge in [-0.1, -0.05) is 18.2 Å². The number of anilines is 1. The second kappa shape index (κ2) is 5.95. The van der Waals surface area contributed by atoms with Crippen LogP contribution < -0.4 is 4.90 Å². The third-order valence-corrected chi connectivity index (χ3v) is 7.20. The highest BCUT2D eigenvalue weighted by molar-refractivity contribution is 7.89. The van der Waals surface area contributed by atoms with Gasteiger partial charge in [0.1, 0.15) is 0 Å². The lowest BCUT2D eigenvalue weighted by atomic mass is 10.0. The van der Waals surface area contributed by atoms with Crippen LogP contribution in [-0.4, -0.2) is 61.6 Å². The van der Waals surface area contributed by atoms with Crippen LogP contribution in [0.4, 0.5) is 10.5 Å². The van der Waals surface area contributed by atoms with Crippen LogP contribution in [0.1, 0.15) is 24.8 Å². The minimum absolute atomic E-state index is 0.0787. The van der Waals surface area contributed by atoms with E-state index in [4.69, 9.17) is 0 Å². The molecule has 0 spiro atoms. The number of hydrogen-bond acceptors (Lipinski definition) is 4. The van der Waals surface area contributed by atoms with Crippen molar-refractivity contribution in [3.63, 3.8) is 0 Å². The quantitative estimate of drug-likeness (QED) is 0.833. The van der Waals surface area contributed by atoms with Crippen molar-refractivity contribution in [2.24, 2.45) is 0 Å². The average Bonchev–Trinajstić information content (AvgIpc) is 2.97. The number of hydrogen-bond donors (Lipinski definition) is 0. The van der Waals surface area contributed by atoms with Crippen molar-refractivity contribution in [1.29, 1.82) is 0 Å². The molecule has 1 unspecified atom stereocenters. The fourth-order valence-corrected chi connectivity index (χ4v) is 5.82. The molecule has 0 aliphatic carbocycles. The standard InChI is InChI=1S/C17H23N3O3S/c21-17-19-9-4-3-6-15(19)13-24(22,23)20(17)12-11-18-10-8-14-5-1-2-7-16(14)18/h1-2,5,7,15H,3-4,6,8-13H2. The molecule has 0 saturated carbocycles. The van der Waals surface area contributed by atoms with Crippen LogP contribution >= 0.6 is 0 Å². The lowest BCUT2D eigenvalue weighted by Gasteiger charge is -2.43. The Morgan fingerprint density at radius 2 is 1.92 bits per heavy atom. The lowest BCUT2D eigenvalue weighted by molar-refractivity contribution is 0.133. The van der Waals surface area contributed by atoms with Gasteiger partial charge in [-0.15, -0.1) is 0 Å². The number of urea groups is 1. The van der Waals surface area contributed by atoms with Gasteiger partial charge in [0.15, 0.2) is 0 Å². The van der Waals surface area contributed by atoms with Gasteiger partial charge in [0.05, 0.1) is 12.3 Å². The zero-order chi connectivity index (χ0) is 16.7. The number of sulfonamides is 1. The SMILES string of the molecule is O=C1N2CCCCC2CS(=O)(=O)N1CCN1CCc2ccccc21. The number of benzene rings is 1. The van der Waals surface area contributed by atoms with Gasteiger partial charge < -0.3 is 9.80 Å². The van der Waals surface area contributed by atoms with Gasteiger partial charge in [0, 0.05) is 31.4 Å². The molecule has 3 aliphatic rings. The van der Waals surface area contributed by atoms with Crippen LogP contribution in [0.2, 0.25) is 0 Å². The van der Waals surface area contributed by atoms with Gasteiger partial charge in [0.2, 0.25) is 10.0 Å². The minimum atomic E-state index is -3.50. The van der Waals surface area contributed by atoms with Crippen molar-refractivity contribution in [2.75, 3.05) is 36.8 Å². The molecule has 3 heterocycles. The molecule has 3 aliphatic heterocycles.